The first kappa shape index (κ1) is 27.4. The highest BCUT2D eigenvalue weighted by molar-refractivity contribution is 6.16. The van der Waals surface area contributed by atoms with Gasteiger partial charge < -0.3 is 4.57 Å². The molecule has 0 aliphatic heterocycles. The number of rotatable bonds is 4. The highest BCUT2D eigenvalue weighted by Crippen LogP contribution is 2.41. The molecule has 0 bridgehead atoms. The second kappa shape index (κ2) is 10.4. The van der Waals surface area contributed by atoms with Gasteiger partial charge >= 0.3 is 0 Å². The van der Waals surface area contributed by atoms with Crippen molar-refractivity contribution < 1.29 is 0 Å². The fourth-order valence-electron chi connectivity index (χ4n) is 7.75. The summed E-state index contributed by atoms with van der Waals surface area (Å²) in [5, 5.41) is 3.30. The molecule has 0 fully saturated rings. The van der Waals surface area contributed by atoms with E-state index in [1.165, 1.54) is 4.52 Å². The molecule has 230 valence electrons. The quantitative estimate of drug-likeness (QED) is 0.195. The Morgan fingerprint density at radius 3 is 1.71 bits per heavy atom. The van der Waals surface area contributed by atoms with Crippen LogP contribution in [0.3, 0.4) is 0 Å². The molecule has 0 saturated carbocycles. The highest BCUT2D eigenvalue weighted by Gasteiger charge is 2.22. The third kappa shape index (κ3) is 3.87. The van der Waals surface area contributed by atoms with E-state index in [1.54, 1.807) is 4.52 Å². The predicted octanol–water partition coefficient (Wildman–Crippen LogP) is 9.60. The molecule has 0 amide bonds. The first-order valence-electron chi connectivity index (χ1n) is 16.4. The molecule has 5 heteroatoms. The zero-order valence-corrected chi connectivity index (χ0v) is 26.2. The summed E-state index contributed by atoms with van der Waals surface area (Å²) in [6.07, 6.45) is 0. The molecule has 0 N–H and O–H groups in total. The summed E-state index contributed by atoms with van der Waals surface area (Å²) in [6, 6.07) is 55.5. The van der Waals surface area contributed by atoms with Crippen LogP contribution in [0.1, 0.15) is 0 Å². The van der Waals surface area contributed by atoms with Crippen LogP contribution in [0.2, 0.25) is 0 Å². The van der Waals surface area contributed by atoms with Gasteiger partial charge in [-0.25, -0.2) is 4.52 Å². The summed E-state index contributed by atoms with van der Waals surface area (Å²) in [4.78, 5) is 28.0. The van der Waals surface area contributed by atoms with Gasteiger partial charge in [0.15, 0.2) is 0 Å². The van der Waals surface area contributed by atoms with Crippen LogP contribution >= 0.6 is 0 Å². The van der Waals surface area contributed by atoms with E-state index in [2.05, 4.69) is 102 Å². The molecule has 5 nitrogen and oxygen atoms in total. The molecule has 0 aliphatic rings. The van der Waals surface area contributed by atoms with Gasteiger partial charge in [-0.05, 0) is 64.2 Å². The van der Waals surface area contributed by atoms with Crippen LogP contribution in [0.4, 0.5) is 0 Å². The number of benzene rings is 7. The largest absolute Gasteiger partial charge is 0.309 e. The normalized spacial score (nSPS) is 11.8. The molecule has 0 unspecified atom stereocenters. The topological polar surface area (TPSA) is 47.9 Å². The zero-order chi connectivity index (χ0) is 32.6. The molecule has 10 rings (SSSR count). The monoisotopic (exact) mass is 629 g/mol. The predicted molar refractivity (Wildman–Crippen MR) is 200 cm³/mol. The minimum atomic E-state index is -0.316. The maximum Gasteiger partial charge on any atom is 0.283 e. The lowest BCUT2D eigenvalue weighted by atomic mass is 9.98. The Bertz CT molecular complexity index is 3030. The Kier molecular flexibility index (Phi) is 5.81. The Hall–Kier alpha value is -6.72. The van der Waals surface area contributed by atoms with Crippen LogP contribution in [-0.4, -0.2) is 13.6 Å². The summed E-state index contributed by atoms with van der Waals surface area (Å²) in [5.74, 6) is 0. The van der Waals surface area contributed by atoms with Crippen molar-refractivity contribution >= 4 is 43.6 Å². The maximum atomic E-state index is 14.1. The minimum absolute atomic E-state index is 0.306. The van der Waals surface area contributed by atoms with Gasteiger partial charge in [-0.2, -0.15) is 4.52 Å². The Morgan fingerprint density at radius 1 is 0.347 bits per heavy atom. The Balaban J connectivity index is 1.22. The van der Waals surface area contributed by atoms with E-state index in [0.717, 1.165) is 60.9 Å². The summed E-state index contributed by atoms with van der Waals surface area (Å²) < 4.78 is 5.41. The molecule has 0 radical (unpaired) electrons. The highest BCUT2D eigenvalue weighted by atomic mass is 16.2. The SMILES string of the molecule is O=c1c2cc(-c3cccc4c3c3ccccc3n4-c3ccccc3-c3ccccc3)ccc2n2c3cccc(-c4ccccc4)c3c(=O)n12. The summed E-state index contributed by atoms with van der Waals surface area (Å²) in [5.41, 5.74) is 10.1. The van der Waals surface area contributed by atoms with Crippen molar-refractivity contribution in [2.45, 2.75) is 0 Å². The zero-order valence-electron chi connectivity index (χ0n) is 26.2. The molecule has 10 aromatic rings. The minimum Gasteiger partial charge on any atom is -0.309 e. The van der Waals surface area contributed by atoms with Gasteiger partial charge in [-0.3, -0.25) is 9.59 Å². The summed E-state index contributed by atoms with van der Waals surface area (Å²) >= 11 is 0. The fraction of sp³-hybridized carbons (Fsp3) is 0. The van der Waals surface area contributed by atoms with Crippen molar-refractivity contribution in [3.63, 3.8) is 0 Å². The van der Waals surface area contributed by atoms with Crippen LogP contribution in [0, 0.1) is 0 Å². The summed E-state index contributed by atoms with van der Waals surface area (Å²) in [7, 11) is 0. The van der Waals surface area contributed by atoms with E-state index >= 15 is 0 Å². The first-order valence-corrected chi connectivity index (χ1v) is 16.4. The van der Waals surface area contributed by atoms with Crippen LogP contribution in [-0.2, 0) is 0 Å². The molecule has 0 saturated heterocycles. The second-order valence-electron chi connectivity index (χ2n) is 12.5. The average Bonchev–Trinajstić information content (AvgIpc) is 3.77. The van der Waals surface area contributed by atoms with Gasteiger partial charge in [-0.15, -0.1) is 0 Å². The number of nitrogens with zero attached hydrogens (tertiary/aromatic N) is 3. The van der Waals surface area contributed by atoms with Crippen LogP contribution in [0.5, 0.6) is 0 Å². The third-order valence-corrected chi connectivity index (χ3v) is 9.85. The van der Waals surface area contributed by atoms with Gasteiger partial charge in [0.1, 0.15) is 0 Å². The van der Waals surface area contributed by atoms with Gasteiger partial charge in [0.25, 0.3) is 11.1 Å². The number of hydrogen-bond acceptors (Lipinski definition) is 2. The van der Waals surface area contributed by atoms with Crippen molar-refractivity contribution in [2.24, 2.45) is 0 Å². The second-order valence-corrected chi connectivity index (χ2v) is 12.5. The van der Waals surface area contributed by atoms with E-state index in [4.69, 9.17) is 0 Å². The van der Waals surface area contributed by atoms with E-state index < -0.39 is 0 Å². The molecule has 3 aromatic heterocycles. The fourth-order valence-corrected chi connectivity index (χ4v) is 7.75. The molecule has 0 atom stereocenters. The molecule has 0 aliphatic carbocycles. The van der Waals surface area contributed by atoms with E-state index in [1.807, 2.05) is 66.7 Å². The van der Waals surface area contributed by atoms with Crippen LogP contribution in [0.15, 0.2) is 173 Å². The van der Waals surface area contributed by atoms with Gasteiger partial charge in [0.05, 0.1) is 38.5 Å². The molecule has 0 spiro atoms. The van der Waals surface area contributed by atoms with Crippen molar-refractivity contribution in [1.82, 2.24) is 13.6 Å². The lowest BCUT2D eigenvalue weighted by Crippen LogP contribution is -2.21. The van der Waals surface area contributed by atoms with E-state index in [-0.39, 0.29) is 11.1 Å². The molecule has 49 heavy (non-hydrogen) atoms. The van der Waals surface area contributed by atoms with E-state index in [9.17, 15) is 9.59 Å². The van der Waals surface area contributed by atoms with Crippen molar-refractivity contribution in [3.8, 4) is 39.1 Å². The van der Waals surface area contributed by atoms with Gasteiger partial charge in [0, 0.05) is 16.3 Å². The lowest BCUT2D eigenvalue weighted by Gasteiger charge is -2.14. The van der Waals surface area contributed by atoms with Gasteiger partial charge in [0.2, 0.25) is 0 Å². The van der Waals surface area contributed by atoms with E-state index in [0.29, 0.717) is 21.8 Å². The third-order valence-electron chi connectivity index (χ3n) is 9.85. The van der Waals surface area contributed by atoms with Crippen molar-refractivity contribution in [2.75, 3.05) is 0 Å². The standard InChI is InChI=1S/C44H27N3O2/c48-43-35-27-30(25-26-38(35)46-40-24-12-19-32(29-15-5-2-6-16-29)42(40)44(49)47(43)46)33-20-11-23-39-41(33)34-18-8-10-22-37(34)45(39)36-21-9-7-17-31(36)28-13-3-1-4-14-28/h1-27H. The number of fused-ring (bicyclic) bond motifs is 8. The van der Waals surface area contributed by atoms with Crippen LogP contribution < -0.4 is 11.1 Å². The van der Waals surface area contributed by atoms with Gasteiger partial charge in [-0.1, -0.05) is 127 Å². The van der Waals surface area contributed by atoms with Crippen molar-refractivity contribution in [3.05, 3.63) is 184 Å². The Labute approximate surface area is 280 Å². The van der Waals surface area contributed by atoms with Crippen LogP contribution in [0.25, 0.3) is 82.7 Å². The molecule has 7 aromatic carbocycles. The molecular formula is C44H27N3O2. The van der Waals surface area contributed by atoms with Crippen molar-refractivity contribution in [1.29, 1.82) is 0 Å². The molecular weight excluding hydrogens is 603 g/mol. The maximum absolute atomic E-state index is 14.1. The average molecular weight is 630 g/mol. The smallest absolute Gasteiger partial charge is 0.283 e. The Morgan fingerprint density at radius 2 is 0.939 bits per heavy atom. The number of hydrogen-bond donors (Lipinski definition) is 0. The first-order chi connectivity index (χ1) is 24.2. The lowest BCUT2D eigenvalue weighted by molar-refractivity contribution is 0.841. The summed E-state index contributed by atoms with van der Waals surface area (Å²) in [6.45, 7) is 0. The number of aromatic nitrogens is 3. The number of para-hydroxylation sites is 2. The molecule has 3 heterocycles.